The Hall–Kier alpha value is -1.14. The monoisotopic (exact) mass is 205 g/mol. The van der Waals surface area contributed by atoms with Crippen LogP contribution in [0.1, 0.15) is 29.7 Å². The Morgan fingerprint density at radius 3 is 3.07 bits per heavy atom. The topological polar surface area (TPSA) is 40.9 Å². The predicted octanol–water partition coefficient (Wildman–Crippen LogP) is 2.53. The van der Waals surface area contributed by atoms with Crippen LogP contribution >= 0.6 is 11.3 Å². The van der Waals surface area contributed by atoms with Gasteiger partial charge in [0.15, 0.2) is 0 Å². The number of carbonyl (C=O) groups is 1. The van der Waals surface area contributed by atoms with Crippen molar-refractivity contribution in [1.29, 1.82) is 5.26 Å². The van der Waals surface area contributed by atoms with Gasteiger partial charge in [0, 0.05) is 17.2 Å². The van der Waals surface area contributed by atoms with Gasteiger partial charge in [-0.2, -0.15) is 5.26 Å². The Bertz CT molecular complexity index is 384. The second kappa shape index (κ2) is 3.93. The lowest BCUT2D eigenvalue weighted by Gasteiger charge is -1.97. The standard InChI is InChI=1S/C11H11NOS/c12-7-9-5-6-14-11(9)4-3-10(13)8-1-2-8/h5-6,8H,1-4H2. The summed E-state index contributed by atoms with van der Waals surface area (Å²) in [4.78, 5) is 12.5. The first kappa shape index (κ1) is 9.42. The first-order chi connectivity index (χ1) is 6.81. The molecule has 0 aromatic carbocycles. The van der Waals surface area contributed by atoms with E-state index < -0.39 is 0 Å². The van der Waals surface area contributed by atoms with E-state index in [1.807, 2.05) is 11.4 Å². The quantitative estimate of drug-likeness (QED) is 0.757. The van der Waals surface area contributed by atoms with Crippen molar-refractivity contribution in [2.75, 3.05) is 0 Å². The van der Waals surface area contributed by atoms with Gasteiger partial charge in [0.2, 0.25) is 0 Å². The number of Topliss-reactive ketones (excluding diaryl/α,β-unsaturated/α-hetero) is 1. The minimum atomic E-state index is 0.348. The summed E-state index contributed by atoms with van der Waals surface area (Å²) in [5.74, 6) is 0.725. The normalized spacial score (nSPS) is 15.1. The largest absolute Gasteiger partial charge is 0.299 e. The molecule has 1 heterocycles. The Morgan fingerprint density at radius 1 is 1.64 bits per heavy atom. The maximum atomic E-state index is 11.4. The molecule has 1 fully saturated rings. The fourth-order valence-corrected chi connectivity index (χ4v) is 2.31. The molecule has 0 unspecified atom stereocenters. The van der Waals surface area contributed by atoms with Crippen LogP contribution in [0.15, 0.2) is 11.4 Å². The molecule has 0 spiro atoms. The van der Waals surface area contributed by atoms with Crippen molar-refractivity contribution >= 4 is 17.1 Å². The van der Waals surface area contributed by atoms with Crippen molar-refractivity contribution in [2.24, 2.45) is 5.92 Å². The smallest absolute Gasteiger partial charge is 0.136 e. The lowest BCUT2D eigenvalue weighted by molar-refractivity contribution is -0.120. The molecular formula is C11H11NOS. The minimum Gasteiger partial charge on any atom is -0.299 e. The third-order valence-corrected chi connectivity index (χ3v) is 3.48. The number of hydrogen-bond donors (Lipinski definition) is 0. The zero-order valence-electron chi connectivity index (χ0n) is 7.82. The molecule has 0 bridgehead atoms. The van der Waals surface area contributed by atoms with Gasteiger partial charge >= 0.3 is 0 Å². The van der Waals surface area contributed by atoms with Crippen molar-refractivity contribution in [1.82, 2.24) is 0 Å². The molecule has 3 heteroatoms. The highest BCUT2D eigenvalue weighted by molar-refractivity contribution is 7.10. The maximum Gasteiger partial charge on any atom is 0.136 e. The van der Waals surface area contributed by atoms with Crippen molar-refractivity contribution in [3.63, 3.8) is 0 Å². The molecule has 14 heavy (non-hydrogen) atoms. The molecule has 0 amide bonds. The fraction of sp³-hybridized carbons (Fsp3) is 0.455. The van der Waals surface area contributed by atoms with Gasteiger partial charge < -0.3 is 0 Å². The summed E-state index contributed by atoms with van der Waals surface area (Å²) in [5.41, 5.74) is 0.735. The Labute approximate surface area is 87.2 Å². The van der Waals surface area contributed by atoms with E-state index >= 15 is 0 Å². The van der Waals surface area contributed by atoms with Crippen molar-refractivity contribution < 1.29 is 4.79 Å². The molecule has 2 nitrogen and oxygen atoms in total. The van der Waals surface area contributed by atoms with Crippen LogP contribution in [-0.2, 0) is 11.2 Å². The molecule has 0 atom stereocenters. The van der Waals surface area contributed by atoms with Crippen molar-refractivity contribution in [2.45, 2.75) is 25.7 Å². The van der Waals surface area contributed by atoms with E-state index in [1.165, 1.54) is 0 Å². The van der Waals surface area contributed by atoms with Crippen LogP contribution in [-0.4, -0.2) is 5.78 Å². The zero-order chi connectivity index (χ0) is 9.97. The highest BCUT2D eigenvalue weighted by atomic mass is 32.1. The molecule has 1 aliphatic rings. The number of thiophene rings is 1. The summed E-state index contributed by atoms with van der Waals surface area (Å²) in [6, 6.07) is 3.96. The summed E-state index contributed by atoms with van der Waals surface area (Å²) >= 11 is 1.57. The van der Waals surface area contributed by atoms with E-state index in [2.05, 4.69) is 6.07 Å². The maximum absolute atomic E-state index is 11.4. The lowest BCUT2D eigenvalue weighted by Crippen LogP contribution is -2.01. The minimum absolute atomic E-state index is 0.348. The predicted molar refractivity (Wildman–Crippen MR) is 55.1 cm³/mol. The Kier molecular flexibility index (Phi) is 2.64. The van der Waals surface area contributed by atoms with Gasteiger partial charge in [0.1, 0.15) is 11.9 Å². The molecule has 72 valence electrons. The van der Waals surface area contributed by atoms with Crippen LogP contribution in [0.4, 0.5) is 0 Å². The summed E-state index contributed by atoms with van der Waals surface area (Å²) < 4.78 is 0. The second-order valence-corrected chi connectivity index (χ2v) is 4.61. The molecule has 2 rings (SSSR count). The molecule has 1 aliphatic carbocycles. The fourth-order valence-electron chi connectivity index (χ4n) is 1.48. The van der Waals surface area contributed by atoms with Crippen LogP contribution in [0, 0.1) is 17.2 Å². The number of hydrogen-bond acceptors (Lipinski definition) is 3. The van der Waals surface area contributed by atoms with Gasteiger partial charge in [-0.1, -0.05) is 0 Å². The average molecular weight is 205 g/mol. The number of nitriles is 1. The molecular weight excluding hydrogens is 194 g/mol. The second-order valence-electron chi connectivity index (χ2n) is 3.61. The molecule has 1 aromatic rings. The molecule has 0 N–H and O–H groups in total. The van der Waals surface area contributed by atoms with Gasteiger partial charge in [-0.05, 0) is 30.7 Å². The number of rotatable bonds is 4. The average Bonchev–Trinajstić information content (AvgIpc) is 2.94. The molecule has 1 saturated carbocycles. The Morgan fingerprint density at radius 2 is 2.43 bits per heavy atom. The highest BCUT2D eigenvalue weighted by Gasteiger charge is 2.28. The van der Waals surface area contributed by atoms with Crippen LogP contribution in [0.3, 0.4) is 0 Å². The van der Waals surface area contributed by atoms with Gasteiger partial charge in [0.25, 0.3) is 0 Å². The number of nitrogens with zero attached hydrogens (tertiary/aromatic N) is 1. The summed E-state index contributed by atoms with van der Waals surface area (Å²) in [6.45, 7) is 0. The van der Waals surface area contributed by atoms with Gasteiger partial charge in [0.05, 0.1) is 5.56 Å². The molecule has 0 saturated heterocycles. The molecule has 0 aliphatic heterocycles. The third kappa shape index (κ3) is 2.02. The van der Waals surface area contributed by atoms with E-state index in [-0.39, 0.29) is 0 Å². The first-order valence-corrected chi connectivity index (χ1v) is 5.68. The SMILES string of the molecule is N#Cc1ccsc1CCC(=O)C1CC1. The van der Waals surface area contributed by atoms with Crippen LogP contribution in [0.5, 0.6) is 0 Å². The first-order valence-electron chi connectivity index (χ1n) is 4.80. The van der Waals surface area contributed by atoms with Gasteiger partial charge in [-0.15, -0.1) is 11.3 Å². The van der Waals surface area contributed by atoms with E-state index in [1.54, 1.807) is 11.3 Å². The number of aryl methyl sites for hydroxylation is 1. The number of carbonyl (C=O) groups excluding carboxylic acids is 1. The van der Waals surface area contributed by atoms with Crippen molar-refractivity contribution in [3.8, 4) is 6.07 Å². The lowest BCUT2D eigenvalue weighted by atomic mass is 10.1. The van der Waals surface area contributed by atoms with E-state index in [0.29, 0.717) is 18.1 Å². The summed E-state index contributed by atoms with van der Waals surface area (Å²) in [5, 5.41) is 10.7. The Balaban J connectivity index is 1.91. The van der Waals surface area contributed by atoms with Gasteiger partial charge in [-0.25, -0.2) is 0 Å². The summed E-state index contributed by atoms with van der Waals surface area (Å²) in [6.07, 6.45) is 3.51. The third-order valence-electron chi connectivity index (χ3n) is 2.50. The molecule has 0 radical (unpaired) electrons. The van der Waals surface area contributed by atoms with Crippen LogP contribution in [0.25, 0.3) is 0 Å². The number of ketones is 1. The van der Waals surface area contributed by atoms with Crippen LogP contribution in [0.2, 0.25) is 0 Å². The summed E-state index contributed by atoms with van der Waals surface area (Å²) in [7, 11) is 0. The molecule has 1 aromatic heterocycles. The van der Waals surface area contributed by atoms with E-state index in [9.17, 15) is 4.79 Å². The van der Waals surface area contributed by atoms with Crippen molar-refractivity contribution in [3.05, 3.63) is 21.9 Å². The van der Waals surface area contributed by atoms with E-state index in [4.69, 9.17) is 5.26 Å². The van der Waals surface area contributed by atoms with E-state index in [0.717, 1.165) is 29.7 Å². The van der Waals surface area contributed by atoms with Crippen LogP contribution < -0.4 is 0 Å². The van der Waals surface area contributed by atoms with Gasteiger partial charge in [-0.3, -0.25) is 4.79 Å². The zero-order valence-corrected chi connectivity index (χ0v) is 8.64. The highest BCUT2D eigenvalue weighted by Crippen LogP contribution is 2.31.